The molecular formula is C15H29N. The summed E-state index contributed by atoms with van der Waals surface area (Å²) in [4.78, 5) is 2.35. The summed E-state index contributed by atoms with van der Waals surface area (Å²) in [5.41, 5.74) is 1.53. The highest BCUT2D eigenvalue weighted by Gasteiger charge is 2.34. The Kier molecular flexibility index (Phi) is 6.66. The maximum absolute atomic E-state index is 4.33. The van der Waals surface area contributed by atoms with Crippen LogP contribution in [0.3, 0.4) is 0 Å². The van der Waals surface area contributed by atoms with E-state index in [2.05, 4.69) is 52.9 Å². The number of hydrogen-bond donors (Lipinski definition) is 0. The van der Waals surface area contributed by atoms with Crippen molar-refractivity contribution in [3.63, 3.8) is 0 Å². The van der Waals surface area contributed by atoms with Crippen molar-refractivity contribution in [1.29, 1.82) is 0 Å². The second kappa shape index (κ2) is 6.90. The van der Waals surface area contributed by atoms with Crippen LogP contribution < -0.4 is 0 Å². The molecule has 94 valence electrons. The molecule has 0 bridgehead atoms. The van der Waals surface area contributed by atoms with Gasteiger partial charge in [-0.3, -0.25) is 0 Å². The van der Waals surface area contributed by atoms with E-state index < -0.39 is 0 Å². The van der Waals surface area contributed by atoms with Gasteiger partial charge in [0.2, 0.25) is 0 Å². The normalized spacial score (nSPS) is 15.2. The van der Waals surface area contributed by atoms with Gasteiger partial charge in [-0.25, -0.2) is 0 Å². The predicted molar refractivity (Wildman–Crippen MR) is 74.7 cm³/mol. The van der Waals surface area contributed by atoms with E-state index in [0.717, 1.165) is 12.8 Å². The third-order valence-corrected chi connectivity index (χ3v) is 3.73. The van der Waals surface area contributed by atoms with Crippen LogP contribution in [0.15, 0.2) is 24.8 Å². The third-order valence-electron chi connectivity index (χ3n) is 3.73. The van der Waals surface area contributed by atoms with Crippen LogP contribution in [-0.4, -0.2) is 24.5 Å². The first-order valence-corrected chi connectivity index (χ1v) is 6.40. The van der Waals surface area contributed by atoms with Crippen molar-refractivity contribution in [3.8, 4) is 0 Å². The molecule has 0 fully saturated rings. The lowest BCUT2D eigenvalue weighted by Crippen LogP contribution is -2.46. The Morgan fingerprint density at radius 1 is 1.38 bits per heavy atom. The molecule has 0 radical (unpaired) electrons. The number of hydrogen-bond acceptors (Lipinski definition) is 1. The van der Waals surface area contributed by atoms with Gasteiger partial charge in [-0.2, -0.15) is 0 Å². The Morgan fingerprint density at radius 3 is 2.25 bits per heavy atom. The van der Waals surface area contributed by atoms with Crippen LogP contribution in [0.25, 0.3) is 0 Å². The molecule has 0 saturated heterocycles. The zero-order valence-electron chi connectivity index (χ0n) is 11.8. The molecule has 0 N–H and O–H groups in total. The van der Waals surface area contributed by atoms with Crippen LogP contribution in [0, 0.1) is 5.92 Å². The first kappa shape index (κ1) is 15.4. The zero-order valence-corrected chi connectivity index (χ0v) is 11.8. The van der Waals surface area contributed by atoms with Gasteiger partial charge >= 0.3 is 0 Å². The molecule has 0 aliphatic rings. The summed E-state index contributed by atoms with van der Waals surface area (Å²) >= 11 is 0. The van der Waals surface area contributed by atoms with Crippen LogP contribution in [0.2, 0.25) is 0 Å². The van der Waals surface area contributed by atoms with Crippen LogP contribution >= 0.6 is 0 Å². The van der Waals surface area contributed by atoms with Crippen molar-refractivity contribution < 1.29 is 0 Å². The quantitative estimate of drug-likeness (QED) is 0.439. The van der Waals surface area contributed by atoms with E-state index >= 15 is 0 Å². The fourth-order valence-corrected chi connectivity index (χ4v) is 2.47. The molecular weight excluding hydrogens is 194 g/mol. The Bertz CT molecular complexity index is 228. The van der Waals surface area contributed by atoms with E-state index in [1.54, 1.807) is 0 Å². The average Bonchev–Trinajstić information content (AvgIpc) is 2.23. The highest BCUT2D eigenvalue weighted by Crippen LogP contribution is 2.35. The minimum absolute atomic E-state index is 0.164. The number of unbranched alkanes of at least 4 members (excludes halogenated alkanes) is 1. The zero-order chi connectivity index (χ0) is 12.8. The average molecular weight is 223 g/mol. The van der Waals surface area contributed by atoms with E-state index in [-0.39, 0.29) is 5.54 Å². The summed E-state index contributed by atoms with van der Waals surface area (Å²) in [6.07, 6.45) is 6.62. The van der Waals surface area contributed by atoms with Crippen molar-refractivity contribution in [3.05, 3.63) is 24.8 Å². The van der Waals surface area contributed by atoms with Crippen molar-refractivity contribution in [2.24, 2.45) is 5.92 Å². The molecule has 0 amide bonds. The van der Waals surface area contributed by atoms with Crippen LogP contribution in [0.1, 0.15) is 46.5 Å². The second-order valence-corrected chi connectivity index (χ2v) is 5.14. The van der Waals surface area contributed by atoms with Gasteiger partial charge in [0.05, 0.1) is 0 Å². The Labute approximate surface area is 102 Å². The number of allylic oxidation sites excluding steroid dienone is 1. The van der Waals surface area contributed by atoms with E-state index in [9.17, 15) is 0 Å². The van der Waals surface area contributed by atoms with Crippen molar-refractivity contribution in [1.82, 2.24) is 4.90 Å². The van der Waals surface area contributed by atoms with Gasteiger partial charge in [0.15, 0.2) is 0 Å². The highest BCUT2D eigenvalue weighted by molar-refractivity contribution is 5.18. The standard InChI is InChI=1S/C15H29N/c1-8-10-11-12-15(9-2,16(6)7)14(5)13(3)4/h8,13H,1,5,9-12H2,2-4,6-7H3. The van der Waals surface area contributed by atoms with E-state index in [0.29, 0.717) is 5.92 Å². The van der Waals surface area contributed by atoms with E-state index in [1.807, 2.05) is 6.08 Å². The SMILES string of the molecule is C=CCCCC(CC)(C(=C)C(C)C)N(C)C. The van der Waals surface area contributed by atoms with Crippen LogP contribution in [-0.2, 0) is 0 Å². The summed E-state index contributed by atoms with van der Waals surface area (Å²) in [5, 5.41) is 0. The van der Waals surface area contributed by atoms with Crippen LogP contribution in [0.5, 0.6) is 0 Å². The molecule has 0 aliphatic heterocycles. The van der Waals surface area contributed by atoms with Crippen molar-refractivity contribution >= 4 is 0 Å². The van der Waals surface area contributed by atoms with E-state index in [1.165, 1.54) is 18.4 Å². The summed E-state index contributed by atoms with van der Waals surface area (Å²) in [6, 6.07) is 0. The lowest BCUT2D eigenvalue weighted by atomic mass is 9.77. The Hall–Kier alpha value is -0.560. The molecule has 0 aromatic rings. The highest BCUT2D eigenvalue weighted by atomic mass is 15.1. The molecule has 16 heavy (non-hydrogen) atoms. The van der Waals surface area contributed by atoms with Gasteiger partial charge in [-0.05, 0) is 45.7 Å². The molecule has 0 rings (SSSR count). The Morgan fingerprint density at radius 2 is 1.94 bits per heavy atom. The molecule has 0 heterocycles. The predicted octanol–water partition coefficient (Wildman–Crippen LogP) is 4.27. The summed E-state index contributed by atoms with van der Waals surface area (Å²) < 4.78 is 0. The first-order chi connectivity index (χ1) is 7.42. The fourth-order valence-electron chi connectivity index (χ4n) is 2.47. The van der Waals surface area contributed by atoms with Gasteiger partial charge in [-0.1, -0.05) is 39.0 Å². The molecule has 0 spiro atoms. The molecule has 1 nitrogen and oxygen atoms in total. The number of likely N-dealkylation sites (N-methyl/N-ethyl adjacent to an activating group) is 1. The maximum atomic E-state index is 4.33. The molecule has 0 aliphatic carbocycles. The number of nitrogens with zero attached hydrogens (tertiary/aromatic N) is 1. The second-order valence-electron chi connectivity index (χ2n) is 5.14. The lowest BCUT2D eigenvalue weighted by Gasteiger charge is -2.43. The molecule has 1 unspecified atom stereocenters. The molecule has 0 aromatic heterocycles. The summed E-state index contributed by atoms with van der Waals surface area (Å²) in [7, 11) is 4.34. The monoisotopic (exact) mass is 223 g/mol. The minimum atomic E-state index is 0.164. The topological polar surface area (TPSA) is 3.24 Å². The number of rotatable bonds is 8. The maximum Gasteiger partial charge on any atom is 0.0411 e. The molecule has 1 atom stereocenters. The van der Waals surface area contributed by atoms with Gasteiger partial charge in [-0.15, -0.1) is 6.58 Å². The van der Waals surface area contributed by atoms with Crippen molar-refractivity contribution in [2.45, 2.75) is 52.0 Å². The minimum Gasteiger partial charge on any atom is -0.300 e. The van der Waals surface area contributed by atoms with Gasteiger partial charge in [0, 0.05) is 5.54 Å². The Balaban J connectivity index is 4.84. The van der Waals surface area contributed by atoms with Gasteiger partial charge < -0.3 is 4.90 Å². The lowest BCUT2D eigenvalue weighted by molar-refractivity contribution is 0.159. The first-order valence-electron chi connectivity index (χ1n) is 6.40. The van der Waals surface area contributed by atoms with Crippen molar-refractivity contribution in [2.75, 3.05) is 14.1 Å². The van der Waals surface area contributed by atoms with Gasteiger partial charge in [0.1, 0.15) is 0 Å². The largest absolute Gasteiger partial charge is 0.300 e. The molecule has 1 heteroatoms. The summed E-state index contributed by atoms with van der Waals surface area (Å²) in [6.45, 7) is 14.9. The third kappa shape index (κ3) is 3.48. The molecule has 0 aromatic carbocycles. The summed E-state index contributed by atoms with van der Waals surface area (Å²) in [5.74, 6) is 0.547. The van der Waals surface area contributed by atoms with E-state index in [4.69, 9.17) is 0 Å². The van der Waals surface area contributed by atoms with Gasteiger partial charge in [0.25, 0.3) is 0 Å². The van der Waals surface area contributed by atoms with Crippen LogP contribution in [0.4, 0.5) is 0 Å². The smallest absolute Gasteiger partial charge is 0.0411 e. The molecule has 0 saturated carbocycles. The fraction of sp³-hybridized carbons (Fsp3) is 0.733.